The van der Waals surface area contributed by atoms with Crippen molar-refractivity contribution in [1.29, 1.82) is 0 Å². The number of carbonyl (C=O) groups is 2. The molecule has 0 aliphatic carbocycles. The fourth-order valence-electron chi connectivity index (χ4n) is 5.00. The van der Waals surface area contributed by atoms with Gasteiger partial charge in [-0.2, -0.15) is 0 Å². The Hall–Kier alpha value is -3.42. The highest BCUT2D eigenvalue weighted by Crippen LogP contribution is 2.24. The number of amides is 2. The summed E-state index contributed by atoms with van der Waals surface area (Å²) in [6.07, 6.45) is 0.336. The highest BCUT2D eigenvalue weighted by molar-refractivity contribution is 6.30. The van der Waals surface area contributed by atoms with Crippen molar-refractivity contribution in [1.82, 2.24) is 15.1 Å². The quantitative estimate of drug-likeness (QED) is 0.387. The molecule has 1 aliphatic rings. The van der Waals surface area contributed by atoms with Gasteiger partial charge in [0.1, 0.15) is 11.6 Å². The van der Waals surface area contributed by atoms with E-state index in [4.69, 9.17) is 16.3 Å². The number of hydrogen-bond acceptors (Lipinski definition) is 4. The van der Waals surface area contributed by atoms with Crippen LogP contribution in [0.5, 0.6) is 5.75 Å². The Kier molecular flexibility index (Phi) is 9.59. The van der Waals surface area contributed by atoms with Crippen LogP contribution in [0.15, 0.2) is 72.8 Å². The molecule has 3 atom stereocenters. The van der Waals surface area contributed by atoms with Gasteiger partial charge in [0.25, 0.3) is 0 Å². The lowest BCUT2D eigenvalue weighted by atomic mass is 10.00. The second-order valence-corrected chi connectivity index (χ2v) is 10.6. The molecule has 206 valence electrons. The fraction of sp³-hybridized carbons (Fsp3) is 0.355. The minimum absolute atomic E-state index is 0.00461. The van der Waals surface area contributed by atoms with Crippen LogP contribution in [0.25, 0.3) is 0 Å². The van der Waals surface area contributed by atoms with E-state index < -0.39 is 6.04 Å². The van der Waals surface area contributed by atoms with E-state index in [-0.39, 0.29) is 42.6 Å². The number of nitrogens with zero attached hydrogens (tertiary/aromatic N) is 2. The van der Waals surface area contributed by atoms with Gasteiger partial charge in [-0.15, -0.1) is 0 Å². The molecule has 0 bridgehead atoms. The molecular weight excluding hydrogens is 517 g/mol. The number of piperazine rings is 1. The summed E-state index contributed by atoms with van der Waals surface area (Å²) in [5.41, 5.74) is 2.72. The van der Waals surface area contributed by atoms with E-state index in [9.17, 15) is 14.0 Å². The van der Waals surface area contributed by atoms with Gasteiger partial charge in [0, 0.05) is 36.7 Å². The van der Waals surface area contributed by atoms with Crippen LogP contribution in [0.4, 0.5) is 4.39 Å². The number of nitrogens with one attached hydrogen (secondary N) is 1. The zero-order valence-corrected chi connectivity index (χ0v) is 23.3. The Bertz CT molecular complexity index is 1250. The molecule has 1 unspecified atom stereocenters. The first-order valence-electron chi connectivity index (χ1n) is 13.2. The molecule has 1 aliphatic heterocycles. The van der Waals surface area contributed by atoms with E-state index >= 15 is 0 Å². The zero-order valence-electron chi connectivity index (χ0n) is 22.6. The molecule has 2 amide bonds. The summed E-state index contributed by atoms with van der Waals surface area (Å²) in [5, 5.41) is 3.66. The lowest BCUT2D eigenvalue weighted by Crippen LogP contribution is -2.58. The number of benzene rings is 3. The molecule has 8 heteroatoms. The maximum Gasteiger partial charge on any atom is 0.225 e. The Labute approximate surface area is 234 Å². The molecule has 6 nitrogen and oxygen atoms in total. The number of carbonyl (C=O) groups excluding carboxylic acids is 2. The summed E-state index contributed by atoms with van der Waals surface area (Å²) in [6, 6.07) is 20.8. The van der Waals surface area contributed by atoms with Crippen molar-refractivity contribution in [3.05, 3.63) is 100 Å². The van der Waals surface area contributed by atoms with Crippen LogP contribution in [-0.4, -0.2) is 53.9 Å². The first kappa shape index (κ1) is 28.6. The van der Waals surface area contributed by atoms with Crippen molar-refractivity contribution < 1.29 is 18.7 Å². The third kappa shape index (κ3) is 7.80. The van der Waals surface area contributed by atoms with E-state index in [1.54, 1.807) is 31.4 Å². The Morgan fingerprint density at radius 1 is 0.949 bits per heavy atom. The minimum Gasteiger partial charge on any atom is -0.497 e. The van der Waals surface area contributed by atoms with Crippen molar-refractivity contribution in [3.63, 3.8) is 0 Å². The number of halogens is 2. The zero-order chi connectivity index (χ0) is 27.9. The van der Waals surface area contributed by atoms with Crippen LogP contribution in [0.2, 0.25) is 5.02 Å². The van der Waals surface area contributed by atoms with Crippen LogP contribution >= 0.6 is 11.6 Å². The highest BCUT2D eigenvalue weighted by atomic mass is 35.5. The molecule has 0 spiro atoms. The first-order valence-corrected chi connectivity index (χ1v) is 13.6. The van der Waals surface area contributed by atoms with E-state index in [1.165, 1.54) is 12.1 Å². The monoisotopic (exact) mass is 551 g/mol. The highest BCUT2D eigenvalue weighted by Gasteiger charge is 2.33. The normalized spacial score (nSPS) is 18.4. The van der Waals surface area contributed by atoms with Crippen molar-refractivity contribution in [2.45, 2.75) is 51.4 Å². The first-order chi connectivity index (χ1) is 18.7. The third-order valence-corrected chi connectivity index (χ3v) is 7.50. The van der Waals surface area contributed by atoms with Gasteiger partial charge in [0.15, 0.2) is 0 Å². The predicted molar refractivity (Wildman–Crippen MR) is 151 cm³/mol. The van der Waals surface area contributed by atoms with Crippen molar-refractivity contribution in [2.24, 2.45) is 0 Å². The number of methoxy groups -OCH3 is 1. The predicted octanol–water partition coefficient (Wildman–Crippen LogP) is 5.40. The minimum atomic E-state index is -0.486. The molecule has 39 heavy (non-hydrogen) atoms. The van der Waals surface area contributed by atoms with Crippen molar-refractivity contribution in [2.75, 3.05) is 20.2 Å². The Balaban J connectivity index is 1.42. The van der Waals surface area contributed by atoms with Gasteiger partial charge in [-0.3, -0.25) is 14.5 Å². The van der Waals surface area contributed by atoms with E-state index in [0.29, 0.717) is 24.7 Å². The standard InChI is InChI=1S/C31H35ClFN3O3/c1-21-19-36(22(2)18-35(21)20-24-4-12-27(33)13-5-24)31(38)17-29(25-8-10-26(32)11-9-25)34-30(37)16-23-6-14-28(39-3)15-7-23/h4-15,21-22,29H,16-20H2,1-3H3,(H,34,37)/t21-,22+,29?/m1/s1. The second kappa shape index (κ2) is 13.1. The summed E-state index contributed by atoms with van der Waals surface area (Å²) in [6.45, 7) is 6.13. The second-order valence-electron chi connectivity index (χ2n) is 10.2. The Morgan fingerprint density at radius 2 is 1.59 bits per heavy atom. The third-order valence-electron chi connectivity index (χ3n) is 7.24. The van der Waals surface area contributed by atoms with E-state index in [0.717, 1.165) is 22.4 Å². The molecule has 1 heterocycles. The molecular formula is C31H35ClFN3O3. The largest absolute Gasteiger partial charge is 0.497 e. The van der Waals surface area contributed by atoms with Gasteiger partial charge in [0.2, 0.25) is 11.8 Å². The molecule has 3 aromatic rings. The van der Waals surface area contributed by atoms with Crippen LogP contribution in [0, 0.1) is 5.82 Å². The number of rotatable bonds is 9. The molecule has 4 rings (SSSR count). The lowest BCUT2D eigenvalue weighted by Gasteiger charge is -2.44. The van der Waals surface area contributed by atoms with Crippen LogP contribution in [0.1, 0.15) is 43.0 Å². The number of hydrogen-bond donors (Lipinski definition) is 1. The molecule has 0 saturated carbocycles. The molecule has 1 N–H and O–H groups in total. The summed E-state index contributed by atoms with van der Waals surface area (Å²) < 4.78 is 18.5. The van der Waals surface area contributed by atoms with Crippen LogP contribution in [0.3, 0.4) is 0 Å². The molecule has 1 saturated heterocycles. The summed E-state index contributed by atoms with van der Waals surface area (Å²) in [7, 11) is 1.60. The van der Waals surface area contributed by atoms with Gasteiger partial charge >= 0.3 is 0 Å². The lowest BCUT2D eigenvalue weighted by molar-refractivity contribution is -0.138. The van der Waals surface area contributed by atoms with Gasteiger partial charge in [-0.1, -0.05) is 48.0 Å². The molecule has 1 fully saturated rings. The average molecular weight is 552 g/mol. The van der Waals surface area contributed by atoms with Gasteiger partial charge in [0.05, 0.1) is 26.0 Å². The maximum atomic E-state index is 13.6. The van der Waals surface area contributed by atoms with Gasteiger partial charge < -0.3 is 15.0 Å². The molecule has 0 radical (unpaired) electrons. The fourth-order valence-corrected chi connectivity index (χ4v) is 5.13. The number of ether oxygens (including phenoxy) is 1. The van der Waals surface area contributed by atoms with Gasteiger partial charge in [-0.05, 0) is 66.9 Å². The molecule has 3 aromatic carbocycles. The summed E-state index contributed by atoms with van der Waals surface area (Å²) >= 11 is 6.10. The van der Waals surface area contributed by atoms with Crippen molar-refractivity contribution >= 4 is 23.4 Å². The van der Waals surface area contributed by atoms with E-state index in [1.807, 2.05) is 48.2 Å². The topological polar surface area (TPSA) is 61.9 Å². The summed E-state index contributed by atoms with van der Waals surface area (Å²) in [4.78, 5) is 30.8. The van der Waals surface area contributed by atoms with Gasteiger partial charge in [-0.25, -0.2) is 4.39 Å². The maximum absolute atomic E-state index is 13.6. The summed E-state index contributed by atoms with van der Waals surface area (Å²) in [5.74, 6) is 0.297. The Morgan fingerprint density at radius 3 is 2.23 bits per heavy atom. The van der Waals surface area contributed by atoms with Crippen LogP contribution in [-0.2, 0) is 22.6 Å². The average Bonchev–Trinajstić information content (AvgIpc) is 2.92. The van der Waals surface area contributed by atoms with Crippen LogP contribution < -0.4 is 10.1 Å². The smallest absolute Gasteiger partial charge is 0.225 e. The SMILES string of the molecule is COc1ccc(CC(=O)NC(CC(=O)N2C[C@@H](C)N(Cc3ccc(F)cc3)C[C@@H]2C)c2ccc(Cl)cc2)cc1. The molecule has 0 aromatic heterocycles. The van der Waals surface area contributed by atoms with E-state index in [2.05, 4.69) is 17.1 Å². The van der Waals surface area contributed by atoms with Crippen molar-refractivity contribution in [3.8, 4) is 5.75 Å².